The van der Waals surface area contributed by atoms with Crippen LogP contribution in [-0.2, 0) is 20.8 Å². The van der Waals surface area contributed by atoms with Gasteiger partial charge < -0.3 is 0 Å². The molecule has 6 rings (SSSR count). The predicted molar refractivity (Wildman–Crippen MR) is 132 cm³/mol. The summed E-state index contributed by atoms with van der Waals surface area (Å²) in [6, 6.07) is 31.0. The lowest BCUT2D eigenvalue weighted by Gasteiger charge is -2.29. The first-order chi connectivity index (χ1) is 16.7. The molecule has 2 heterocycles. The number of rotatable bonds is 4. The fraction of sp³-hybridized carbons (Fsp3) is 0.172. The van der Waals surface area contributed by atoms with Crippen molar-refractivity contribution in [1.82, 2.24) is 0 Å². The molecule has 34 heavy (non-hydrogen) atoms. The summed E-state index contributed by atoms with van der Waals surface area (Å²) in [6.07, 6.45) is 0.0601. The van der Waals surface area contributed by atoms with Crippen molar-refractivity contribution in [2.24, 2.45) is 5.92 Å². The van der Waals surface area contributed by atoms with Gasteiger partial charge >= 0.3 is 0 Å². The number of hydrogen-bond acceptors (Lipinski definition) is 4. The summed E-state index contributed by atoms with van der Waals surface area (Å²) in [4.78, 5) is 35.2. The molecule has 3 atom stereocenters. The zero-order chi connectivity index (χ0) is 23.2. The molecule has 2 aliphatic heterocycles. The lowest BCUT2D eigenvalue weighted by atomic mass is 9.90. The Hall–Kier alpha value is -3.96. The Balaban J connectivity index is 1.45. The van der Waals surface area contributed by atoms with Crippen LogP contribution in [0.4, 0.5) is 11.4 Å². The summed E-state index contributed by atoms with van der Waals surface area (Å²) in [6.45, 7) is 2.11. The highest BCUT2D eigenvalue weighted by Gasteiger charge is 2.60. The Morgan fingerprint density at radius 3 is 2.24 bits per heavy atom. The van der Waals surface area contributed by atoms with Crippen LogP contribution in [0.1, 0.15) is 24.1 Å². The van der Waals surface area contributed by atoms with E-state index in [0.29, 0.717) is 5.69 Å². The Morgan fingerprint density at radius 2 is 1.47 bits per heavy atom. The zero-order valence-corrected chi connectivity index (χ0v) is 18.8. The minimum atomic E-state index is -0.873. The number of imide groups is 1. The van der Waals surface area contributed by atoms with Crippen LogP contribution < -0.4 is 9.96 Å². The molecular weight excluding hydrogens is 424 g/mol. The van der Waals surface area contributed by atoms with Gasteiger partial charge in [0.1, 0.15) is 5.92 Å². The van der Waals surface area contributed by atoms with Crippen molar-refractivity contribution in [3.05, 3.63) is 108 Å². The van der Waals surface area contributed by atoms with Gasteiger partial charge in [0.2, 0.25) is 5.91 Å². The Kier molecular flexibility index (Phi) is 4.93. The molecule has 5 nitrogen and oxygen atoms in total. The first-order valence-corrected chi connectivity index (χ1v) is 11.6. The number of anilines is 2. The lowest BCUT2D eigenvalue weighted by molar-refractivity contribution is -0.126. The van der Waals surface area contributed by atoms with Gasteiger partial charge in [0.05, 0.1) is 17.4 Å². The van der Waals surface area contributed by atoms with E-state index >= 15 is 0 Å². The van der Waals surface area contributed by atoms with Gasteiger partial charge in [0, 0.05) is 5.39 Å². The number of hydroxylamine groups is 1. The van der Waals surface area contributed by atoms with Gasteiger partial charge in [0.15, 0.2) is 6.10 Å². The summed E-state index contributed by atoms with van der Waals surface area (Å²) < 4.78 is 0. The topological polar surface area (TPSA) is 49.9 Å². The highest BCUT2D eigenvalue weighted by Crippen LogP contribution is 2.48. The molecule has 4 aromatic carbocycles. The maximum atomic E-state index is 13.9. The van der Waals surface area contributed by atoms with Crippen LogP contribution in [0.15, 0.2) is 97.1 Å². The molecule has 2 aliphatic rings. The summed E-state index contributed by atoms with van der Waals surface area (Å²) in [5.74, 6) is -1.19. The zero-order valence-electron chi connectivity index (χ0n) is 18.8. The predicted octanol–water partition coefficient (Wildman–Crippen LogP) is 5.45. The SMILES string of the molecule is CCc1ccc([C@@H]2[C@H]3C(=O)N(c4cccc5ccccc45)C(=O)[C@H]3ON2c2ccccc2)cc1. The van der Waals surface area contributed by atoms with E-state index in [4.69, 9.17) is 4.84 Å². The Labute approximate surface area is 198 Å². The van der Waals surface area contributed by atoms with Crippen LogP contribution >= 0.6 is 0 Å². The van der Waals surface area contributed by atoms with E-state index in [0.717, 1.165) is 28.4 Å². The van der Waals surface area contributed by atoms with Crippen LogP contribution in [0, 0.1) is 5.92 Å². The van der Waals surface area contributed by atoms with Gasteiger partial charge in [-0.2, -0.15) is 0 Å². The van der Waals surface area contributed by atoms with Crippen molar-refractivity contribution in [3.63, 3.8) is 0 Å². The van der Waals surface area contributed by atoms with Crippen molar-refractivity contribution >= 4 is 34.0 Å². The number of carbonyl (C=O) groups is 2. The van der Waals surface area contributed by atoms with Crippen LogP contribution in [0.3, 0.4) is 0 Å². The first-order valence-electron chi connectivity index (χ1n) is 11.6. The van der Waals surface area contributed by atoms with E-state index < -0.39 is 18.1 Å². The van der Waals surface area contributed by atoms with Gasteiger partial charge in [-0.05, 0) is 41.1 Å². The smallest absolute Gasteiger partial charge is 0.266 e. The standard InChI is InChI=1S/C29H24N2O3/c1-2-19-15-17-21(18-16-19)26-25-27(34-31(26)22-11-4-3-5-12-22)29(33)30(28(25)32)24-14-8-10-20-9-6-7-13-23(20)24/h3-18,25-27H,2H2,1H3/t25-,26-,27+/m1/s1. The minimum absolute atomic E-state index is 0.227. The molecule has 0 bridgehead atoms. The second-order valence-electron chi connectivity index (χ2n) is 8.76. The van der Waals surface area contributed by atoms with E-state index in [1.54, 1.807) is 5.06 Å². The van der Waals surface area contributed by atoms with Crippen molar-refractivity contribution in [2.75, 3.05) is 9.96 Å². The van der Waals surface area contributed by atoms with Gasteiger partial charge in [-0.15, -0.1) is 0 Å². The molecule has 0 saturated carbocycles. The largest absolute Gasteiger partial charge is 0.273 e. The number of carbonyl (C=O) groups excluding carboxylic acids is 2. The molecule has 5 heteroatoms. The first kappa shape index (κ1) is 20.6. The second-order valence-corrected chi connectivity index (χ2v) is 8.76. The highest BCUT2D eigenvalue weighted by atomic mass is 16.7. The highest BCUT2D eigenvalue weighted by molar-refractivity contribution is 6.26. The van der Waals surface area contributed by atoms with Crippen molar-refractivity contribution in [2.45, 2.75) is 25.5 Å². The number of fused-ring (bicyclic) bond motifs is 2. The van der Waals surface area contributed by atoms with E-state index in [1.165, 1.54) is 10.5 Å². The quantitative estimate of drug-likeness (QED) is 0.390. The average molecular weight is 449 g/mol. The van der Waals surface area contributed by atoms with Crippen LogP contribution in [-0.4, -0.2) is 17.9 Å². The maximum Gasteiger partial charge on any atom is 0.266 e. The van der Waals surface area contributed by atoms with Gasteiger partial charge in [0.25, 0.3) is 5.91 Å². The number of amides is 2. The average Bonchev–Trinajstić information content (AvgIpc) is 3.40. The molecule has 2 fully saturated rings. The molecule has 0 aromatic heterocycles. The van der Waals surface area contributed by atoms with E-state index in [9.17, 15) is 9.59 Å². The van der Waals surface area contributed by atoms with E-state index in [2.05, 4.69) is 19.1 Å². The second kappa shape index (κ2) is 8.12. The maximum absolute atomic E-state index is 13.9. The Bertz CT molecular complexity index is 1380. The number of para-hydroxylation sites is 1. The molecule has 168 valence electrons. The summed E-state index contributed by atoms with van der Waals surface area (Å²) in [7, 11) is 0. The number of nitrogens with zero attached hydrogens (tertiary/aromatic N) is 2. The van der Waals surface area contributed by atoms with Gasteiger partial charge in [-0.25, -0.2) is 9.96 Å². The number of aryl methyl sites for hydroxylation is 1. The van der Waals surface area contributed by atoms with Crippen molar-refractivity contribution < 1.29 is 14.4 Å². The van der Waals surface area contributed by atoms with Crippen LogP contribution in [0.2, 0.25) is 0 Å². The van der Waals surface area contributed by atoms with E-state index in [-0.39, 0.29) is 11.8 Å². The molecule has 0 unspecified atom stereocenters. The van der Waals surface area contributed by atoms with Gasteiger partial charge in [-0.1, -0.05) is 85.8 Å². The van der Waals surface area contributed by atoms with Crippen LogP contribution in [0.5, 0.6) is 0 Å². The van der Waals surface area contributed by atoms with E-state index in [1.807, 2.05) is 84.9 Å². The summed E-state index contributed by atoms with van der Waals surface area (Å²) in [5, 5.41) is 3.60. The van der Waals surface area contributed by atoms with Crippen molar-refractivity contribution in [1.29, 1.82) is 0 Å². The number of benzene rings is 4. The molecule has 0 radical (unpaired) electrons. The van der Waals surface area contributed by atoms with Crippen molar-refractivity contribution in [3.8, 4) is 0 Å². The molecule has 0 N–H and O–H groups in total. The third-order valence-electron chi connectivity index (χ3n) is 6.86. The molecule has 4 aromatic rings. The third-order valence-corrected chi connectivity index (χ3v) is 6.86. The summed E-state index contributed by atoms with van der Waals surface area (Å²) >= 11 is 0. The molecule has 2 saturated heterocycles. The lowest BCUT2D eigenvalue weighted by Crippen LogP contribution is -2.37. The van der Waals surface area contributed by atoms with Gasteiger partial charge in [-0.3, -0.25) is 14.4 Å². The molecule has 0 aliphatic carbocycles. The molecule has 2 amide bonds. The molecular formula is C29H24N2O3. The number of hydrogen-bond donors (Lipinski definition) is 0. The minimum Gasteiger partial charge on any atom is -0.273 e. The third kappa shape index (κ3) is 3.12. The van der Waals surface area contributed by atoms with Crippen LogP contribution in [0.25, 0.3) is 10.8 Å². The summed E-state index contributed by atoms with van der Waals surface area (Å²) in [5.41, 5.74) is 3.60. The monoisotopic (exact) mass is 448 g/mol. The molecule has 0 spiro atoms. The Morgan fingerprint density at radius 1 is 0.765 bits per heavy atom. The normalized spacial score (nSPS) is 22.0. The fourth-order valence-electron chi connectivity index (χ4n) is 5.14. The fourth-order valence-corrected chi connectivity index (χ4v) is 5.14.